The molecule has 0 aromatic heterocycles. The number of carbonyl (C=O) groups excluding carboxylic acids is 7. The fourth-order valence-electron chi connectivity index (χ4n) is 8.32. The number of anilines is 1. The molecule has 4 aliphatic rings. The number of benzene rings is 2. The van der Waals surface area contributed by atoms with E-state index in [1.807, 2.05) is 20.8 Å². The monoisotopic (exact) mass is 807 g/mol. The normalized spacial score (nSPS) is 25.9. The first-order valence-electron chi connectivity index (χ1n) is 19.8. The summed E-state index contributed by atoms with van der Waals surface area (Å²) in [5, 5.41) is 10.5. The standard InChI is InChI=1S/C41H51F2N7O8/c1-23-10-12-28(13-11-23)45-40(57)47-29(18-25-16-26(42)19-27(43)17-25)34(51)46-30-21-58-39(56)33-20-41(3,4)22-50(33)36(53)24(2)44-35(52)31-8-5-6-14-48(31)38(55)32-9-7-15-49(32)37(30)54/h10-13,16-17,19,24,29-33H,5-9,14-15,18,20-22H2,1-4H3,(H,44,52)(H,46,51)(H2,45,47,57)/t24-,29-,30-,31?,32?,33?/m0/s1. The second kappa shape index (κ2) is 17.5. The third-order valence-corrected chi connectivity index (χ3v) is 11.2. The Morgan fingerprint density at radius 1 is 0.862 bits per heavy atom. The van der Waals surface area contributed by atoms with Crippen molar-refractivity contribution in [2.24, 2.45) is 5.41 Å². The number of nitrogens with zero attached hydrogens (tertiary/aromatic N) is 3. The fourth-order valence-corrected chi connectivity index (χ4v) is 8.32. The summed E-state index contributed by atoms with van der Waals surface area (Å²) < 4.78 is 34.3. The van der Waals surface area contributed by atoms with Gasteiger partial charge in [0.15, 0.2) is 0 Å². The lowest BCUT2D eigenvalue weighted by Gasteiger charge is -2.39. The van der Waals surface area contributed by atoms with Crippen molar-refractivity contribution in [3.8, 4) is 0 Å². The zero-order valence-corrected chi connectivity index (χ0v) is 33.1. The average molecular weight is 808 g/mol. The molecule has 4 fully saturated rings. The molecule has 7 amide bonds. The van der Waals surface area contributed by atoms with E-state index in [4.69, 9.17) is 4.74 Å². The molecule has 4 N–H and O–H groups in total. The van der Waals surface area contributed by atoms with E-state index in [0.717, 1.165) is 17.7 Å². The molecule has 0 spiro atoms. The van der Waals surface area contributed by atoms with Crippen LogP contribution in [0.1, 0.15) is 70.4 Å². The van der Waals surface area contributed by atoms with Crippen LogP contribution < -0.4 is 21.3 Å². The van der Waals surface area contributed by atoms with E-state index in [2.05, 4.69) is 21.3 Å². The number of ether oxygens (including phenoxy) is 1. The van der Waals surface area contributed by atoms with Crippen molar-refractivity contribution in [2.45, 2.75) is 109 Å². The number of esters is 1. The van der Waals surface area contributed by atoms with Crippen LogP contribution >= 0.6 is 0 Å². The van der Waals surface area contributed by atoms with Crippen LogP contribution in [0.25, 0.3) is 0 Å². The SMILES string of the molecule is Cc1ccc(NC(=O)N[C@@H](Cc2cc(F)cc(F)c2)C(=O)N[C@H]2COC(=O)C3CC(C)(C)CN3C(=O)[C@H](C)NC(=O)C3CCCCN3C(=O)C3CCCN3C2=O)cc1. The maximum Gasteiger partial charge on any atom is 0.328 e. The van der Waals surface area contributed by atoms with Crippen LogP contribution in [0.3, 0.4) is 0 Å². The number of hydrogen-bond donors (Lipinski definition) is 4. The number of piperidine rings is 1. The van der Waals surface area contributed by atoms with Crippen LogP contribution in [0.15, 0.2) is 42.5 Å². The number of nitrogens with one attached hydrogen (secondary N) is 4. The van der Waals surface area contributed by atoms with Crippen LogP contribution in [0, 0.1) is 24.0 Å². The Morgan fingerprint density at radius 2 is 1.52 bits per heavy atom. The molecule has 17 heteroatoms. The first kappa shape index (κ1) is 42.0. The smallest absolute Gasteiger partial charge is 0.328 e. The minimum absolute atomic E-state index is 0.0252. The molecule has 312 valence electrons. The average Bonchev–Trinajstić information content (AvgIpc) is 3.79. The number of urea groups is 1. The first-order valence-corrected chi connectivity index (χ1v) is 19.8. The van der Waals surface area contributed by atoms with Crippen molar-refractivity contribution in [1.29, 1.82) is 0 Å². The van der Waals surface area contributed by atoms with Gasteiger partial charge >= 0.3 is 12.0 Å². The Balaban J connectivity index is 1.32. The van der Waals surface area contributed by atoms with Gasteiger partial charge in [-0.1, -0.05) is 31.5 Å². The van der Waals surface area contributed by atoms with Gasteiger partial charge < -0.3 is 40.7 Å². The Labute approximate surface area is 335 Å². The number of amides is 7. The lowest BCUT2D eigenvalue weighted by molar-refractivity contribution is -0.158. The molecule has 2 aromatic rings. The summed E-state index contributed by atoms with van der Waals surface area (Å²) in [5.41, 5.74) is 0.842. The predicted octanol–water partition coefficient (Wildman–Crippen LogP) is 2.55. The van der Waals surface area contributed by atoms with E-state index < -0.39 is 108 Å². The minimum atomic E-state index is -1.59. The highest BCUT2D eigenvalue weighted by molar-refractivity contribution is 5.98. The summed E-state index contributed by atoms with van der Waals surface area (Å²) in [4.78, 5) is 102. The Morgan fingerprint density at radius 3 is 2.22 bits per heavy atom. The van der Waals surface area contributed by atoms with Gasteiger partial charge in [0.1, 0.15) is 54.5 Å². The second-order valence-corrected chi connectivity index (χ2v) is 16.5. The van der Waals surface area contributed by atoms with Crippen molar-refractivity contribution in [1.82, 2.24) is 30.7 Å². The molecule has 6 atom stereocenters. The van der Waals surface area contributed by atoms with E-state index in [1.54, 1.807) is 24.3 Å². The van der Waals surface area contributed by atoms with Crippen LogP contribution in [0.4, 0.5) is 19.3 Å². The molecule has 4 aliphatic heterocycles. The molecule has 2 aromatic carbocycles. The molecule has 3 unspecified atom stereocenters. The molecule has 0 saturated carbocycles. The fraction of sp³-hybridized carbons (Fsp3) is 0.537. The summed E-state index contributed by atoms with van der Waals surface area (Å²) in [6.45, 7) is 7.01. The summed E-state index contributed by atoms with van der Waals surface area (Å²) in [5.74, 6) is -5.85. The molecule has 0 aliphatic carbocycles. The molecular formula is C41H51F2N7O8. The van der Waals surface area contributed by atoms with Gasteiger partial charge in [0.05, 0.1) is 0 Å². The predicted molar refractivity (Wildman–Crippen MR) is 206 cm³/mol. The van der Waals surface area contributed by atoms with Gasteiger partial charge in [-0.3, -0.25) is 24.0 Å². The summed E-state index contributed by atoms with van der Waals surface area (Å²) in [6, 6.07) is 1.56. The number of rotatable bonds is 6. The van der Waals surface area contributed by atoms with Crippen molar-refractivity contribution in [2.75, 3.05) is 31.6 Å². The number of halogens is 2. The van der Waals surface area contributed by atoms with Crippen molar-refractivity contribution >= 4 is 47.2 Å². The van der Waals surface area contributed by atoms with Gasteiger partial charge in [0.2, 0.25) is 29.5 Å². The highest BCUT2D eigenvalue weighted by Gasteiger charge is 2.48. The van der Waals surface area contributed by atoms with Gasteiger partial charge in [-0.25, -0.2) is 18.4 Å². The molecule has 4 saturated heterocycles. The zero-order chi connectivity index (χ0) is 41.9. The number of carbonyl (C=O) groups is 7. The third-order valence-electron chi connectivity index (χ3n) is 11.2. The quantitative estimate of drug-likeness (QED) is 0.321. The third kappa shape index (κ3) is 9.73. The summed E-state index contributed by atoms with van der Waals surface area (Å²) in [7, 11) is 0. The van der Waals surface area contributed by atoms with Crippen molar-refractivity contribution in [3.05, 3.63) is 65.2 Å². The van der Waals surface area contributed by atoms with Crippen molar-refractivity contribution < 1.29 is 47.1 Å². The molecule has 58 heavy (non-hydrogen) atoms. The van der Waals surface area contributed by atoms with Crippen LogP contribution in [0.5, 0.6) is 0 Å². The molecular weight excluding hydrogens is 756 g/mol. The maximum atomic E-state index is 14.5. The molecule has 0 radical (unpaired) electrons. The molecule has 0 bridgehead atoms. The van der Waals surface area contributed by atoms with E-state index in [-0.39, 0.29) is 38.0 Å². The van der Waals surface area contributed by atoms with Gasteiger partial charge in [-0.2, -0.15) is 0 Å². The van der Waals surface area contributed by atoms with Gasteiger partial charge in [-0.05, 0) is 87.6 Å². The minimum Gasteiger partial charge on any atom is -0.461 e. The van der Waals surface area contributed by atoms with Gasteiger partial charge in [-0.15, -0.1) is 0 Å². The van der Waals surface area contributed by atoms with Crippen LogP contribution in [0.2, 0.25) is 0 Å². The number of aryl methyl sites for hydroxylation is 1. The van der Waals surface area contributed by atoms with Gasteiger partial charge in [0, 0.05) is 37.8 Å². The topological polar surface area (TPSA) is 187 Å². The van der Waals surface area contributed by atoms with E-state index in [0.29, 0.717) is 37.4 Å². The lowest BCUT2D eigenvalue weighted by Crippen LogP contribution is -2.62. The van der Waals surface area contributed by atoms with E-state index in [9.17, 15) is 42.3 Å². The van der Waals surface area contributed by atoms with E-state index in [1.165, 1.54) is 21.6 Å². The molecule has 15 nitrogen and oxygen atoms in total. The van der Waals surface area contributed by atoms with Crippen molar-refractivity contribution in [3.63, 3.8) is 0 Å². The lowest BCUT2D eigenvalue weighted by atomic mass is 9.91. The largest absolute Gasteiger partial charge is 0.461 e. The van der Waals surface area contributed by atoms with Crippen LogP contribution in [-0.2, 0) is 39.9 Å². The van der Waals surface area contributed by atoms with Crippen LogP contribution in [-0.4, -0.2) is 119 Å². The van der Waals surface area contributed by atoms with Gasteiger partial charge in [0.25, 0.3) is 0 Å². The molecule has 6 rings (SSSR count). The Kier molecular flexibility index (Phi) is 12.7. The number of cyclic esters (lactones) is 1. The maximum absolute atomic E-state index is 14.5. The first-order chi connectivity index (χ1) is 27.5. The Hall–Kier alpha value is -5.61. The number of fused-ring (bicyclic) bond motifs is 3. The van der Waals surface area contributed by atoms with E-state index >= 15 is 0 Å². The number of hydrogen-bond acceptors (Lipinski definition) is 8. The highest BCUT2D eigenvalue weighted by Crippen LogP contribution is 2.35. The summed E-state index contributed by atoms with van der Waals surface area (Å²) in [6.07, 6.45) is 2.16. The summed E-state index contributed by atoms with van der Waals surface area (Å²) >= 11 is 0. The second-order valence-electron chi connectivity index (χ2n) is 16.5. The zero-order valence-electron chi connectivity index (χ0n) is 33.1. The molecule has 4 heterocycles. The highest BCUT2D eigenvalue weighted by atomic mass is 19.1. The Bertz CT molecular complexity index is 1920.